The average Bonchev–Trinajstić information content (AvgIpc) is 3.19. The zero-order chi connectivity index (χ0) is 19.5. The molecule has 0 unspecified atom stereocenters. The Morgan fingerprint density at radius 3 is 2.44 bits per heavy atom. The zero-order valence-electron chi connectivity index (χ0n) is 16.6. The summed E-state index contributed by atoms with van der Waals surface area (Å²) in [6.07, 6.45) is 9.48. The molecule has 2 rings (SSSR count). The molecule has 0 radical (unpaired) electrons. The lowest BCUT2D eigenvalue weighted by atomic mass is 10.0. The Morgan fingerprint density at radius 1 is 1.11 bits per heavy atom. The number of nitrogens with zero attached hydrogens (tertiary/aromatic N) is 1. The summed E-state index contributed by atoms with van der Waals surface area (Å²) >= 11 is 0. The van der Waals surface area contributed by atoms with Gasteiger partial charge in [0.05, 0.1) is 11.4 Å². The molecule has 0 saturated heterocycles. The lowest BCUT2D eigenvalue weighted by molar-refractivity contribution is 0.472. The third-order valence-electron chi connectivity index (χ3n) is 5.07. The van der Waals surface area contributed by atoms with Crippen molar-refractivity contribution in [2.45, 2.75) is 63.3 Å². The maximum absolute atomic E-state index is 11.8. The molecule has 0 aliphatic heterocycles. The molecule has 3 N–H and O–H groups in total. The molecule has 1 aromatic carbocycles. The minimum Gasteiger partial charge on any atom is -0.357 e. The van der Waals surface area contributed by atoms with Crippen molar-refractivity contribution in [2.75, 3.05) is 20.1 Å². The highest BCUT2D eigenvalue weighted by Crippen LogP contribution is 2.28. The van der Waals surface area contributed by atoms with Crippen molar-refractivity contribution in [1.29, 1.82) is 0 Å². The van der Waals surface area contributed by atoms with Gasteiger partial charge in [-0.15, -0.1) is 0 Å². The number of unbranched alkanes of at least 4 members (excludes halogenated alkanes) is 1. The number of sulfonamides is 1. The minimum atomic E-state index is -3.39. The fraction of sp³-hybridized carbons (Fsp3) is 0.650. The van der Waals surface area contributed by atoms with Gasteiger partial charge < -0.3 is 10.6 Å². The van der Waals surface area contributed by atoms with E-state index in [1.165, 1.54) is 45.6 Å². The summed E-state index contributed by atoms with van der Waals surface area (Å²) in [5.41, 5.74) is 0.975. The Hall–Kier alpha value is -1.60. The van der Waals surface area contributed by atoms with Gasteiger partial charge in [0, 0.05) is 13.1 Å². The van der Waals surface area contributed by atoms with Crippen LogP contribution in [0.25, 0.3) is 0 Å². The second-order valence-corrected chi connectivity index (χ2v) is 9.01. The molecule has 1 aliphatic rings. The standard InChI is InChI=1S/C20H34N4O2S/c1-3-22-20(23-15-7-6-10-17-8-4-5-9-17)24-16-18-11-13-19(14-12-18)27(25,26)21-2/h11-14,17,21H,3-10,15-16H2,1-2H3,(H2,22,23,24). The molecule has 0 heterocycles. The Kier molecular flexibility index (Phi) is 9.07. The first-order valence-electron chi connectivity index (χ1n) is 10.1. The molecule has 7 heteroatoms. The van der Waals surface area contributed by atoms with Crippen LogP contribution in [0.4, 0.5) is 0 Å². The Morgan fingerprint density at radius 2 is 1.81 bits per heavy atom. The van der Waals surface area contributed by atoms with Crippen LogP contribution < -0.4 is 15.4 Å². The molecule has 1 fully saturated rings. The molecular weight excluding hydrogens is 360 g/mol. The summed E-state index contributed by atoms with van der Waals surface area (Å²) in [4.78, 5) is 4.87. The first kappa shape index (κ1) is 21.7. The van der Waals surface area contributed by atoms with Crippen LogP contribution in [-0.4, -0.2) is 34.5 Å². The van der Waals surface area contributed by atoms with Crippen LogP contribution in [0.3, 0.4) is 0 Å². The minimum absolute atomic E-state index is 0.269. The quantitative estimate of drug-likeness (QED) is 0.324. The van der Waals surface area contributed by atoms with Crippen LogP contribution in [0.2, 0.25) is 0 Å². The van der Waals surface area contributed by atoms with E-state index in [0.717, 1.165) is 37.0 Å². The Labute approximate surface area is 164 Å². The number of guanidine groups is 1. The van der Waals surface area contributed by atoms with Gasteiger partial charge in [0.1, 0.15) is 0 Å². The lowest BCUT2D eigenvalue weighted by Gasteiger charge is -2.12. The maximum Gasteiger partial charge on any atom is 0.240 e. The maximum atomic E-state index is 11.8. The number of hydrogen-bond acceptors (Lipinski definition) is 3. The molecule has 1 aliphatic carbocycles. The highest BCUT2D eigenvalue weighted by Gasteiger charge is 2.14. The van der Waals surface area contributed by atoms with E-state index in [9.17, 15) is 8.42 Å². The van der Waals surface area contributed by atoms with E-state index in [0.29, 0.717) is 6.54 Å². The van der Waals surface area contributed by atoms with E-state index < -0.39 is 10.0 Å². The van der Waals surface area contributed by atoms with Crippen LogP contribution in [0, 0.1) is 5.92 Å². The summed E-state index contributed by atoms with van der Waals surface area (Å²) in [5.74, 6) is 1.77. The second kappa shape index (κ2) is 11.3. The number of nitrogens with one attached hydrogen (secondary N) is 3. The fourth-order valence-corrected chi connectivity index (χ4v) is 4.20. The van der Waals surface area contributed by atoms with Crippen LogP contribution in [-0.2, 0) is 16.6 Å². The van der Waals surface area contributed by atoms with E-state index in [1.54, 1.807) is 24.3 Å². The van der Waals surface area contributed by atoms with Gasteiger partial charge in [-0.1, -0.05) is 50.7 Å². The molecule has 0 bridgehead atoms. The summed E-state index contributed by atoms with van der Waals surface area (Å²) in [7, 11) is -1.98. The number of hydrogen-bond donors (Lipinski definition) is 3. The Bertz CT molecular complexity index is 680. The molecule has 1 aromatic rings. The van der Waals surface area contributed by atoms with E-state index in [-0.39, 0.29) is 4.90 Å². The van der Waals surface area contributed by atoms with Crippen molar-refractivity contribution in [3.05, 3.63) is 29.8 Å². The largest absolute Gasteiger partial charge is 0.357 e. The normalized spacial score (nSPS) is 15.9. The lowest BCUT2D eigenvalue weighted by Crippen LogP contribution is -2.37. The van der Waals surface area contributed by atoms with Crippen LogP contribution in [0.5, 0.6) is 0 Å². The molecule has 6 nitrogen and oxygen atoms in total. The monoisotopic (exact) mass is 394 g/mol. The van der Waals surface area contributed by atoms with Gasteiger partial charge in [-0.25, -0.2) is 18.1 Å². The van der Waals surface area contributed by atoms with Gasteiger partial charge >= 0.3 is 0 Å². The first-order chi connectivity index (χ1) is 13.0. The summed E-state index contributed by atoms with van der Waals surface area (Å²) < 4.78 is 25.8. The molecular formula is C20H34N4O2S. The second-order valence-electron chi connectivity index (χ2n) is 7.12. The van der Waals surface area contributed by atoms with Crippen molar-refractivity contribution in [1.82, 2.24) is 15.4 Å². The third kappa shape index (κ3) is 7.50. The van der Waals surface area contributed by atoms with Gasteiger partial charge in [-0.2, -0.15) is 0 Å². The number of benzene rings is 1. The van der Waals surface area contributed by atoms with Crippen molar-refractivity contribution >= 4 is 16.0 Å². The average molecular weight is 395 g/mol. The first-order valence-corrected chi connectivity index (χ1v) is 11.6. The Balaban J connectivity index is 1.78. The van der Waals surface area contributed by atoms with Crippen LogP contribution in [0.1, 0.15) is 57.4 Å². The van der Waals surface area contributed by atoms with Gasteiger partial charge in [-0.05, 0) is 44.0 Å². The van der Waals surface area contributed by atoms with E-state index in [1.807, 2.05) is 0 Å². The van der Waals surface area contributed by atoms with Crippen LogP contribution >= 0.6 is 0 Å². The van der Waals surface area contributed by atoms with Crippen molar-refractivity contribution in [3.63, 3.8) is 0 Å². The SMILES string of the molecule is CCNC(=NCc1ccc(S(=O)(=O)NC)cc1)NCCCCC1CCCC1. The highest BCUT2D eigenvalue weighted by molar-refractivity contribution is 7.89. The van der Waals surface area contributed by atoms with Gasteiger partial charge in [-0.3, -0.25) is 0 Å². The van der Waals surface area contributed by atoms with E-state index in [4.69, 9.17) is 0 Å². The van der Waals surface area contributed by atoms with Crippen LogP contribution in [0.15, 0.2) is 34.2 Å². The van der Waals surface area contributed by atoms with Gasteiger partial charge in [0.2, 0.25) is 10.0 Å². The number of rotatable bonds is 10. The molecule has 0 spiro atoms. The van der Waals surface area contributed by atoms with Crippen molar-refractivity contribution in [2.24, 2.45) is 10.9 Å². The number of aliphatic imine (C=N–C) groups is 1. The molecule has 0 aromatic heterocycles. The molecule has 1 saturated carbocycles. The topological polar surface area (TPSA) is 82.6 Å². The zero-order valence-corrected chi connectivity index (χ0v) is 17.4. The fourth-order valence-electron chi connectivity index (χ4n) is 3.47. The molecule has 0 atom stereocenters. The van der Waals surface area contributed by atoms with Crippen molar-refractivity contribution in [3.8, 4) is 0 Å². The predicted molar refractivity (Wildman–Crippen MR) is 111 cm³/mol. The predicted octanol–water partition coefficient (Wildman–Crippen LogP) is 3.01. The van der Waals surface area contributed by atoms with E-state index >= 15 is 0 Å². The van der Waals surface area contributed by atoms with E-state index in [2.05, 4.69) is 27.3 Å². The smallest absolute Gasteiger partial charge is 0.240 e. The molecule has 0 amide bonds. The highest BCUT2D eigenvalue weighted by atomic mass is 32.2. The third-order valence-corrected chi connectivity index (χ3v) is 6.50. The van der Waals surface area contributed by atoms with Gasteiger partial charge in [0.25, 0.3) is 0 Å². The molecule has 152 valence electrons. The molecule has 27 heavy (non-hydrogen) atoms. The summed E-state index contributed by atoms with van der Waals surface area (Å²) in [5, 5.41) is 6.66. The van der Waals surface area contributed by atoms with Gasteiger partial charge in [0.15, 0.2) is 5.96 Å². The summed E-state index contributed by atoms with van der Waals surface area (Å²) in [6, 6.07) is 6.83. The summed E-state index contributed by atoms with van der Waals surface area (Å²) in [6.45, 7) is 4.30. The van der Waals surface area contributed by atoms with Crippen molar-refractivity contribution < 1.29 is 8.42 Å².